The first kappa shape index (κ1) is 19.8. The Kier molecular flexibility index (Phi) is 6.51. The van der Waals surface area contributed by atoms with Crippen LogP contribution >= 0.6 is 0 Å². The van der Waals surface area contributed by atoms with Gasteiger partial charge in [-0.1, -0.05) is 48.5 Å². The minimum atomic E-state index is -0.223. The highest BCUT2D eigenvalue weighted by Crippen LogP contribution is 2.18. The molecular formula is C23H25N5O2. The zero-order valence-electron chi connectivity index (χ0n) is 16.8. The van der Waals surface area contributed by atoms with Crippen LogP contribution in [0.15, 0.2) is 73.1 Å². The molecule has 0 unspecified atom stereocenters. The zero-order valence-corrected chi connectivity index (χ0v) is 16.8. The Morgan fingerprint density at radius 2 is 1.47 bits per heavy atom. The molecule has 1 fully saturated rings. The molecule has 2 heterocycles. The Hall–Kier alpha value is -3.45. The van der Waals surface area contributed by atoms with Crippen molar-refractivity contribution >= 4 is 23.2 Å². The van der Waals surface area contributed by atoms with Crippen LogP contribution in [0.5, 0.6) is 0 Å². The molecule has 1 amide bonds. The first-order valence-electron chi connectivity index (χ1n) is 10.1. The van der Waals surface area contributed by atoms with Gasteiger partial charge in [0.15, 0.2) is 0 Å². The van der Waals surface area contributed by atoms with E-state index in [1.165, 1.54) is 5.69 Å². The molecule has 2 aromatic carbocycles. The lowest BCUT2D eigenvalue weighted by Crippen LogP contribution is -2.47. The number of para-hydroxylation sites is 1. The van der Waals surface area contributed by atoms with Gasteiger partial charge in [0.1, 0.15) is 6.61 Å². The van der Waals surface area contributed by atoms with Crippen molar-refractivity contribution < 1.29 is 9.53 Å². The highest BCUT2D eigenvalue weighted by atomic mass is 16.5. The average Bonchev–Trinajstić information content (AvgIpc) is 2.81. The molecule has 4 rings (SSSR count). The molecule has 0 radical (unpaired) electrons. The smallest absolute Gasteiger partial charge is 0.250 e. The van der Waals surface area contributed by atoms with Gasteiger partial charge in [0.2, 0.25) is 11.9 Å². The normalized spacial score (nSPS) is 13.9. The van der Waals surface area contributed by atoms with E-state index in [9.17, 15) is 4.79 Å². The summed E-state index contributed by atoms with van der Waals surface area (Å²) in [5.41, 5.74) is 2.84. The fraction of sp³-hybridized carbons (Fsp3) is 0.261. The summed E-state index contributed by atoms with van der Waals surface area (Å²) < 4.78 is 5.45. The quantitative estimate of drug-likeness (QED) is 0.654. The second kappa shape index (κ2) is 9.84. The maximum absolute atomic E-state index is 12.1. The predicted molar refractivity (Wildman–Crippen MR) is 118 cm³/mol. The lowest BCUT2D eigenvalue weighted by Gasteiger charge is -2.36. The molecule has 0 aliphatic carbocycles. The van der Waals surface area contributed by atoms with Crippen molar-refractivity contribution in [3.63, 3.8) is 0 Å². The van der Waals surface area contributed by atoms with Crippen molar-refractivity contribution in [2.24, 2.45) is 0 Å². The van der Waals surface area contributed by atoms with Crippen LogP contribution in [-0.2, 0) is 16.1 Å². The van der Waals surface area contributed by atoms with E-state index in [4.69, 9.17) is 4.74 Å². The van der Waals surface area contributed by atoms with E-state index < -0.39 is 0 Å². The Labute approximate surface area is 176 Å². The van der Waals surface area contributed by atoms with Gasteiger partial charge >= 0.3 is 0 Å². The molecule has 1 aliphatic rings. The largest absolute Gasteiger partial charge is 0.368 e. The van der Waals surface area contributed by atoms with Crippen LogP contribution in [0.1, 0.15) is 5.56 Å². The Bertz CT molecular complexity index is 927. The number of nitrogens with one attached hydrogen (secondary N) is 1. The SMILES string of the molecule is O=C(COCc1ccccc1)Nc1cnc(N2CCN(c3ccccc3)CC2)nc1. The third-order valence-corrected chi connectivity index (χ3v) is 4.95. The van der Waals surface area contributed by atoms with Crippen molar-refractivity contribution in [3.8, 4) is 0 Å². The lowest BCUT2D eigenvalue weighted by molar-refractivity contribution is -0.121. The van der Waals surface area contributed by atoms with E-state index in [1.54, 1.807) is 12.4 Å². The first-order chi connectivity index (χ1) is 14.8. The summed E-state index contributed by atoms with van der Waals surface area (Å²) in [5.74, 6) is 0.458. The number of ether oxygens (including phenoxy) is 1. The minimum absolute atomic E-state index is 0.0158. The van der Waals surface area contributed by atoms with Crippen LogP contribution in [0.2, 0.25) is 0 Å². The van der Waals surface area contributed by atoms with Crippen molar-refractivity contribution in [2.45, 2.75) is 6.61 Å². The third kappa shape index (κ3) is 5.33. The summed E-state index contributed by atoms with van der Waals surface area (Å²) in [6.07, 6.45) is 3.28. The van der Waals surface area contributed by atoms with Gasteiger partial charge in [-0.05, 0) is 17.7 Å². The first-order valence-corrected chi connectivity index (χ1v) is 10.1. The summed E-state index contributed by atoms with van der Waals surface area (Å²) in [5, 5.41) is 2.77. The average molecular weight is 403 g/mol. The number of carbonyl (C=O) groups is 1. The predicted octanol–water partition coefficient (Wildman–Crippen LogP) is 2.96. The van der Waals surface area contributed by atoms with Crippen molar-refractivity contribution in [2.75, 3.05) is 47.9 Å². The van der Waals surface area contributed by atoms with Crippen molar-refractivity contribution in [1.29, 1.82) is 0 Å². The Morgan fingerprint density at radius 1 is 0.867 bits per heavy atom. The van der Waals surface area contributed by atoms with Crippen molar-refractivity contribution in [3.05, 3.63) is 78.6 Å². The van der Waals surface area contributed by atoms with Crippen LogP contribution in [0.25, 0.3) is 0 Å². The Morgan fingerprint density at radius 3 is 2.13 bits per heavy atom. The van der Waals surface area contributed by atoms with Gasteiger partial charge in [0.25, 0.3) is 0 Å². The van der Waals surface area contributed by atoms with Gasteiger partial charge in [-0.3, -0.25) is 4.79 Å². The minimum Gasteiger partial charge on any atom is -0.368 e. The van der Waals surface area contributed by atoms with E-state index >= 15 is 0 Å². The number of aromatic nitrogens is 2. The standard InChI is InChI=1S/C23H25N5O2/c29-22(18-30-17-19-7-3-1-4-8-19)26-20-15-24-23(25-16-20)28-13-11-27(12-14-28)21-9-5-2-6-10-21/h1-10,15-16H,11-14,17-18H2,(H,26,29). The van der Waals surface area contributed by atoms with Crippen LogP contribution in [0.3, 0.4) is 0 Å². The summed E-state index contributed by atoms with van der Waals surface area (Å²) >= 11 is 0. The summed E-state index contributed by atoms with van der Waals surface area (Å²) in [7, 11) is 0. The lowest BCUT2D eigenvalue weighted by atomic mass is 10.2. The molecule has 1 aromatic heterocycles. The second-order valence-electron chi connectivity index (χ2n) is 7.11. The molecule has 1 N–H and O–H groups in total. The number of carbonyl (C=O) groups excluding carboxylic acids is 1. The van der Waals surface area contributed by atoms with Gasteiger partial charge in [0, 0.05) is 31.9 Å². The molecule has 1 aliphatic heterocycles. The number of hydrogen-bond acceptors (Lipinski definition) is 6. The number of amides is 1. The maximum atomic E-state index is 12.1. The molecule has 1 saturated heterocycles. The molecule has 0 atom stereocenters. The number of anilines is 3. The highest BCUT2D eigenvalue weighted by molar-refractivity contribution is 5.91. The molecule has 7 heteroatoms. The molecular weight excluding hydrogens is 378 g/mol. The van der Waals surface area contributed by atoms with Crippen LogP contribution in [0, 0.1) is 0 Å². The molecule has 3 aromatic rings. The fourth-order valence-corrected chi connectivity index (χ4v) is 3.39. The molecule has 0 saturated carbocycles. The van der Waals surface area contributed by atoms with E-state index in [2.05, 4.69) is 49.4 Å². The summed E-state index contributed by atoms with van der Waals surface area (Å²) in [6, 6.07) is 20.2. The molecule has 7 nitrogen and oxygen atoms in total. The summed E-state index contributed by atoms with van der Waals surface area (Å²) in [4.78, 5) is 25.4. The number of hydrogen-bond donors (Lipinski definition) is 1. The van der Waals surface area contributed by atoms with Gasteiger partial charge in [0.05, 0.1) is 24.7 Å². The van der Waals surface area contributed by atoms with Crippen LogP contribution < -0.4 is 15.1 Å². The molecule has 0 bridgehead atoms. The van der Waals surface area contributed by atoms with Gasteiger partial charge < -0.3 is 19.9 Å². The van der Waals surface area contributed by atoms with E-state index in [1.807, 2.05) is 36.4 Å². The topological polar surface area (TPSA) is 70.6 Å². The van der Waals surface area contributed by atoms with Crippen LogP contribution in [0.4, 0.5) is 17.3 Å². The number of rotatable bonds is 7. The third-order valence-electron chi connectivity index (χ3n) is 4.95. The van der Waals surface area contributed by atoms with E-state index in [0.717, 1.165) is 31.7 Å². The number of piperazine rings is 1. The highest BCUT2D eigenvalue weighted by Gasteiger charge is 2.19. The maximum Gasteiger partial charge on any atom is 0.250 e. The Balaban J connectivity index is 1.23. The molecule has 154 valence electrons. The zero-order chi connectivity index (χ0) is 20.6. The van der Waals surface area contributed by atoms with E-state index in [-0.39, 0.29) is 12.5 Å². The monoisotopic (exact) mass is 403 g/mol. The van der Waals surface area contributed by atoms with Crippen LogP contribution in [-0.4, -0.2) is 48.7 Å². The molecule has 0 spiro atoms. The number of benzene rings is 2. The number of nitrogens with zero attached hydrogens (tertiary/aromatic N) is 4. The van der Waals surface area contributed by atoms with E-state index in [0.29, 0.717) is 18.2 Å². The summed E-state index contributed by atoms with van der Waals surface area (Å²) in [6.45, 7) is 3.94. The fourth-order valence-electron chi connectivity index (χ4n) is 3.39. The van der Waals surface area contributed by atoms with Crippen molar-refractivity contribution in [1.82, 2.24) is 9.97 Å². The van der Waals surface area contributed by atoms with Gasteiger partial charge in [-0.2, -0.15) is 0 Å². The van der Waals surface area contributed by atoms with Gasteiger partial charge in [-0.15, -0.1) is 0 Å². The van der Waals surface area contributed by atoms with Gasteiger partial charge in [-0.25, -0.2) is 9.97 Å². The molecule has 30 heavy (non-hydrogen) atoms. The second-order valence-corrected chi connectivity index (χ2v) is 7.11.